The second kappa shape index (κ2) is 7.84. The van der Waals surface area contributed by atoms with Crippen molar-refractivity contribution >= 4 is 45.6 Å². The Labute approximate surface area is 140 Å². The Morgan fingerprint density at radius 2 is 2.13 bits per heavy atom. The van der Waals surface area contributed by atoms with Crippen LogP contribution in [0.1, 0.15) is 22.3 Å². The van der Waals surface area contributed by atoms with Gasteiger partial charge in [-0.25, -0.2) is 9.78 Å². The van der Waals surface area contributed by atoms with E-state index in [9.17, 15) is 14.4 Å². The van der Waals surface area contributed by atoms with E-state index in [0.29, 0.717) is 10.0 Å². The lowest BCUT2D eigenvalue weighted by atomic mass is 10.3. The summed E-state index contributed by atoms with van der Waals surface area (Å²) in [5.74, 6) is -1.52. The highest BCUT2D eigenvalue weighted by atomic mass is 32.1. The Balaban J connectivity index is 1.75. The van der Waals surface area contributed by atoms with Gasteiger partial charge in [-0.05, 0) is 25.3 Å². The molecule has 0 aliphatic heterocycles. The number of aromatic nitrogens is 1. The number of hydrogen-bond acceptors (Lipinski definition) is 7. The Morgan fingerprint density at radius 3 is 2.74 bits per heavy atom. The monoisotopic (exact) mass is 353 g/mol. The van der Waals surface area contributed by atoms with Gasteiger partial charge in [0.15, 0.2) is 11.7 Å². The van der Waals surface area contributed by atoms with Crippen LogP contribution in [0, 0.1) is 6.92 Å². The number of amides is 2. The number of carbonyl (C=O) groups is 3. The maximum Gasteiger partial charge on any atom is 0.328 e. The molecule has 0 aromatic carbocycles. The average molecular weight is 353 g/mol. The fraction of sp³-hybridized carbons (Fsp3) is 0.286. The molecule has 0 saturated heterocycles. The van der Waals surface area contributed by atoms with Crippen molar-refractivity contribution in [1.29, 1.82) is 0 Å². The van der Waals surface area contributed by atoms with Crippen LogP contribution >= 0.6 is 22.7 Å². The van der Waals surface area contributed by atoms with E-state index >= 15 is 0 Å². The van der Waals surface area contributed by atoms with E-state index < -0.39 is 24.5 Å². The van der Waals surface area contributed by atoms with Crippen LogP contribution < -0.4 is 10.6 Å². The molecule has 1 atom stereocenters. The van der Waals surface area contributed by atoms with Crippen LogP contribution in [0.4, 0.5) is 5.13 Å². The number of nitrogens with zero attached hydrogens (tertiary/aromatic N) is 1. The number of nitrogens with one attached hydrogen (secondary N) is 2. The lowest BCUT2D eigenvalue weighted by Crippen LogP contribution is -2.40. The molecule has 2 rings (SSSR count). The molecule has 2 N–H and O–H groups in total. The van der Waals surface area contributed by atoms with E-state index in [2.05, 4.69) is 15.6 Å². The molecule has 23 heavy (non-hydrogen) atoms. The van der Waals surface area contributed by atoms with Crippen molar-refractivity contribution in [3.63, 3.8) is 0 Å². The van der Waals surface area contributed by atoms with Gasteiger partial charge in [0, 0.05) is 5.38 Å². The van der Waals surface area contributed by atoms with Gasteiger partial charge in [0.05, 0.1) is 10.6 Å². The fourth-order valence-electron chi connectivity index (χ4n) is 1.56. The summed E-state index contributed by atoms with van der Waals surface area (Å²) in [6.07, 6.45) is 0. The van der Waals surface area contributed by atoms with Crippen molar-refractivity contribution in [2.75, 3.05) is 11.9 Å². The standard InChI is InChI=1S/C14H15N3O4S2/c1-8-7-23-14(15-8)17-11(18)6-21-13(20)9(2)16-12(19)10-4-3-5-22-10/h3-5,7,9H,6H2,1-2H3,(H,16,19)(H,15,17,18). The summed E-state index contributed by atoms with van der Waals surface area (Å²) in [6, 6.07) is 2.55. The van der Waals surface area contributed by atoms with E-state index in [1.165, 1.54) is 29.6 Å². The average Bonchev–Trinajstić information content (AvgIpc) is 3.16. The van der Waals surface area contributed by atoms with Crippen LogP contribution in [0.2, 0.25) is 0 Å². The van der Waals surface area contributed by atoms with E-state index in [0.717, 1.165) is 5.69 Å². The number of rotatable bonds is 6. The van der Waals surface area contributed by atoms with Gasteiger partial charge in [0.2, 0.25) is 0 Å². The Kier molecular flexibility index (Phi) is 5.83. The minimum Gasteiger partial charge on any atom is -0.454 e. The summed E-state index contributed by atoms with van der Waals surface area (Å²) in [4.78, 5) is 39.8. The minimum atomic E-state index is -0.848. The molecule has 7 nitrogen and oxygen atoms in total. The molecule has 2 aromatic heterocycles. The molecule has 0 saturated carbocycles. The molecule has 0 fully saturated rings. The van der Waals surface area contributed by atoms with Crippen LogP contribution in [0.15, 0.2) is 22.9 Å². The van der Waals surface area contributed by atoms with E-state index in [-0.39, 0.29) is 5.91 Å². The third kappa shape index (κ3) is 5.15. The molecule has 0 aliphatic rings. The summed E-state index contributed by atoms with van der Waals surface area (Å²) in [5, 5.41) is 9.05. The number of ether oxygens (including phenoxy) is 1. The molecule has 2 heterocycles. The first-order valence-electron chi connectivity index (χ1n) is 6.68. The highest BCUT2D eigenvalue weighted by molar-refractivity contribution is 7.14. The van der Waals surface area contributed by atoms with Gasteiger partial charge in [-0.15, -0.1) is 22.7 Å². The van der Waals surface area contributed by atoms with Crippen molar-refractivity contribution in [2.45, 2.75) is 19.9 Å². The smallest absolute Gasteiger partial charge is 0.328 e. The number of anilines is 1. The molecule has 1 unspecified atom stereocenters. The normalized spacial score (nSPS) is 11.6. The minimum absolute atomic E-state index is 0.354. The number of carbonyl (C=O) groups excluding carboxylic acids is 3. The number of thiophene rings is 1. The van der Waals surface area contributed by atoms with E-state index in [1.807, 2.05) is 6.92 Å². The maximum absolute atomic E-state index is 11.8. The van der Waals surface area contributed by atoms with E-state index in [4.69, 9.17) is 4.74 Å². The van der Waals surface area contributed by atoms with Crippen LogP contribution in [0.3, 0.4) is 0 Å². The Morgan fingerprint density at radius 1 is 1.35 bits per heavy atom. The zero-order valence-electron chi connectivity index (χ0n) is 12.5. The molecule has 2 aromatic rings. The number of aryl methyl sites for hydroxylation is 1. The SMILES string of the molecule is Cc1csc(NC(=O)COC(=O)C(C)NC(=O)c2cccs2)n1. The van der Waals surface area contributed by atoms with Crippen LogP contribution in [-0.2, 0) is 14.3 Å². The predicted molar refractivity (Wildman–Crippen MR) is 87.7 cm³/mol. The molecule has 0 aliphatic carbocycles. The zero-order valence-corrected chi connectivity index (χ0v) is 14.1. The van der Waals surface area contributed by atoms with E-state index in [1.54, 1.807) is 22.9 Å². The van der Waals surface area contributed by atoms with Gasteiger partial charge >= 0.3 is 5.97 Å². The number of hydrogen-bond donors (Lipinski definition) is 2. The van der Waals surface area contributed by atoms with Crippen molar-refractivity contribution in [1.82, 2.24) is 10.3 Å². The first-order chi connectivity index (χ1) is 11.0. The first kappa shape index (κ1) is 17.1. The topological polar surface area (TPSA) is 97.4 Å². The highest BCUT2D eigenvalue weighted by Crippen LogP contribution is 2.14. The molecule has 122 valence electrons. The molecular weight excluding hydrogens is 338 g/mol. The molecule has 0 bridgehead atoms. The van der Waals surface area contributed by atoms with Gasteiger partial charge in [-0.3, -0.25) is 14.9 Å². The third-order valence-electron chi connectivity index (χ3n) is 2.66. The van der Waals surface area contributed by atoms with Crippen molar-refractivity contribution in [3.05, 3.63) is 33.5 Å². The lowest BCUT2D eigenvalue weighted by Gasteiger charge is -2.12. The van der Waals surface area contributed by atoms with Gasteiger partial charge in [-0.2, -0.15) is 0 Å². The summed E-state index contributed by atoms with van der Waals surface area (Å²) < 4.78 is 4.88. The van der Waals surface area contributed by atoms with Crippen molar-refractivity contribution < 1.29 is 19.1 Å². The summed E-state index contributed by atoms with van der Waals surface area (Å²) in [6.45, 7) is 2.87. The first-order valence-corrected chi connectivity index (χ1v) is 8.44. The second-order valence-corrected chi connectivity index (χ2v) is 6.43. The van der Waals surface area contributed by atoms with Gasteiger partial charge in [-0.1, -0.05) is 6.07 Å². The summed E-state index contributed by atoms with van der Waals surface area (Å²) in [7, 11) is 0. The maximum atomic E-state index is 11.8. The largest absolute Gasteiger partial charge is 0.454 e. The molecule has 0 spiro atoms. The number of esters is 1. The predicted octanol–water partition coefficient (Wildman–Crippen LogP) is 1.81. The van der Waals surface area contributed by atoms with Crippen molar-refractivity contribution in [3.8, 4) is 0 Å². The Hall–Kier alpha value is -2.26. The molecule has 0 radical (unpaired) electrons. The lowest BCUT2D eigenvalue weighted by molar-refractivity contribution is -0.148. The second-order valence-electron chi connectivity index (χ2n) is 4.62. The molecule has 2 amide bonds. The van der Waals surface area contributed by atoms with Gasteiger partial charge in [0.25, 0.3) is 11.8 Å². The Bertz CT molecular complexity index is 697. The van der Waals surface area contributed by atoms with Crippen LogP contribution in [0.25, 0.3) is 0 Å². The quantitative estimate of drug-likeness (QED) is 0.772. The number of thiazole rings is 1. The van der Waals surface area contributed by atoms with Gasteiger partial charge in [0.1, 0.15) is 6.04 Å². The summed E-state index contributed by atoms with van der Waals surface area (Å²) in [5.41, 5.74) is 0.798. The van der Waals surface area contributed by atoms with Crippen molar-refractivity contribution in [2.24, 2.45) is 0 Å². The summed E-state index contributed by atoms with van der Waals surface area (Å²) >= 11 is 2.56. The fourth-order valence-corrected chi connectivity index (χ4v) is 2.89. The van der Waals surface area contributed by atoms with Gasteiger partial charge < -0.3 is 10.1 Å². The zero-order chi connectivity index (χ0) is 16.8. The molecular formula is C14H15N3O4S2. The van der Waals surface area contributed by atoms with Crippen LogP contribution in [0.5, 0.6) is 0 Å². The third-order valence-corrected chi connectivity index (χ3v) is 4.40. The highest BCUT2D eigenvalue weighted by Gasteiger charge is 2.19. The molecule has 9 heteroatoms. The van der Waals surface area contributed by atoms with Crippen LogP contribution in [-0.4, -0.2) is 35.4 Å².